The zero-order valence-electron chi connectivity index (χ0n) is 9.13. The van der Waals surface area contributed by atoms with Gasteiger partial charge in [0.15, 0.2) is 0 Å². The van der Waals surface area contributed by atoms with Crippen molar-refractivity contribution in [1.29, 1.82) is 0 Å². The maximum atomic E-state index is 3.74. The number of rotatable bonds is 3. The molecule has 0 amide bonds. The summed E-state index contributed by atoms with van der Waals surface area (Å²) in [5.74, 6) is 0. The van der Waals surface area contributed by atoms with Crippen molar-refractivity contribution in [3.63, 3.8) is 0 Å². The van der Waals surface area contributed by atoms with E-state index in [1.54, 1.807) is 0 Å². The van der Waals surface area contributed by atoms with Crippen LogP contribution in [0.3, 0.4) is 0 Å². The van der Waals surface area contributed by atoms with Crippen LogP contribution in [0, 0.1) is 0 Å². The molecule has 1 N–H and O–H groups in total. The van der Waals surface area contributed by atoms with Crippen LogP contribution >= 0.6 is 27.3 Å². The van der Waals surface area contributed by atoms with Gasteiger partial charge in [-0.05, 0) is 47.8 Å². The minimum absolute atomic E-state index is 0.504. The van der Waals surface area contributed by atoms with Crippen LogP contribution in [0.5, 0.6) is 0 Å². The largest absolute Gasteiger partial charge is 0.307 e. The van der Waals surface area contributed by atoms with E-state index in [1.165, 1.54) is 40.8 Å². The lowest BCUT2D eigenvalue weighted by Crippen LogP contribution is -2.32. The predicted molar refractivity (Wildman–Crippen MR) is 70.4 cm³/mol. The third-order valence-electron chi connectivity index (χ3n) is 3.11. The molecular formula is C12H18BrNS. The third-order valence-corrected chi connectivity index (χ3v) is 4.92. The van der Waals surface area contributed by atoms with Gasteiger partial charge in [-0.2, -0.15) is 0 Å². The Kier molecular flexibility index (Phi) is 4.23. The molecule has 0 aliphatic heterocycles. The first-order chi connectivity index (χ1) is 7.25. The Labute approximate surface area is 104 Å². The van der Waals surface area contributed by atoms with E-state index >= 15 is 0 Å². The van der Waals surface area contributed by atoms with Gasteiger partial charge >= 0.3 is 0 Å². The lowest BCUT2D eigenvalue weighted by Gasteiger charge is -2.26. The number of hydrogen-bond donors (Lipinski definition) is 1. The summed E-state index contributed by atoms with van der Waals surface area (Å²) in [6, 6.07) is 5.60. The highest BCUT2D eigenvalue weighted by Crippen LogP contribution is 2.28. The number of hydrogen-bond acceptors (Lipinski definition) is 2. The van der Waals surface area contributed by atoms with Gasteiger partial charge in [0, 0.05) is 17.0 Å². The fourth-order valence-corrected chi connectivity index (χ4v) is 3.70. The number of halogens is 1. The fourth-order valence-electron chi connectivity index (χ4n) is 2.27. The van der Waals surface area contributed by atoms with Crippen LogP contribution in [0.2, 0.25) is 0 Å². The van der Waals surface area contributed by atoms with E-state index in [0.717, 1.165) is 6.04 Å². The van der Waals surface area contributed by atoms with Crippen molar-refractivity contribution < 1.29 is 0 Å². The predicted octanol–water partition coefficient (Wildman–Crippen LogP) is 4.49. The molecule has 0 radical (unpaired) electrons. The van der Waals surface area contributed by atoms with E-state index in [-0.39, 0.29) is 0 Å². The molecule has 0 unspecified atom stereocenters. The monoisotopic (exact) mass is 287 g/mol. The van der Waals surface area contributed by atoms with E-state index in [4.69, 9.17) is 0 Å². The van der Waals surface area contributed by atoms with Crippen molar-refractivity contribution in [1.82, 2.24) is 5.32 Å². The molecule has 1 aliphatic carbocycles. The summed E-state index contributed by atoms with van der Waals surface area (Å²) in [6.45, 7) is 2.27. The summed E-state index contributed by atoms with van der Waals surface area (Å²) >= 11 is 5.35. The highest BCUT2D eigenvalue weighted by atomic mass is 79.9. The van der Waals surface area contributed by atoms with Crippen LogP contribution in [0.25, 0.3) is 0 Å². The molecule has 1 nitrogen and oxygen atoms in total. The van der Waals surface area contributed by atoms with Crippen molar-refractivity contribution in [3.8, 4) is 0 Å². The third kappa shape index (κ3) is 3.30. The Bertz CT molecular complexity index is 304. The second-order valence-electron chi connectivity index (χ2n) is 4.37. The summed E-state index contributed by atoms with van der Waals surface area (Å²) in [4.78, 5) is 1.44. The summed E-state index contributed by atoms with van der Waals surface area (Å²) < 4.78 is 1.23. The molecular weight excluding hydrogens is 270 g/mol. The van der Waals surface area contributed by atoms with Gasteiger partial charge in [0.1, 0.15) is 0 Å². The number of thiophene rings is 1. The Morgan fingerprint density at radius 3 is 2.67 bits per heavy atom. The second kappa shape index (κ2) is 5.46. The van der Waals surface area contributed by atoms with Crippen LogP contribution < -0.4 is 5.32 Å². The molecule has 1 saturated carbocycles. The maximum Gasteiger partial charge on any atom is 0.0701 e. The lowest BCUT2D eigenvalue weighted by molar-refractivity contribution is 0.348. The molecule has 1 fully saturated rings. The van der Waals surface area contributed by atoms with Crippen LogP contribution in [0.1, 0.15) is 49.9 Å². The zero-order valence-corrected chi connectivity index (χ0v) is 11.5. The van der Waals surface area contributed by atoms with Gasteiger partial charge in [-0.15, -0.1) is 11.3 Å². The Balaban J connectivity index is 1.88. The standard InChI is InChI=1S/C12H18BrNS/c1-9(11-7-8-12(13)15-11)14-10-5-3-2-4-6-10/h7-10,14H,2-6H2,1H3/t9-/m0/s1. The molecule has 0 bridgehead atoms. The van der Waals surface area contributed by atoms with Crippen LogP contribution in [-0.2, 0) is 0 Å². The first kappa shape index (κ1) is 11.6. The van der Waals surface area contributed by atoms with Crippen molar-refractivity contribution in [2.24, 2.45) is 0 Å². The van der Waals surface area contributed by atoms with Gasteiger partial charge in [0.2, 0.25) is 0 Å². The van der Waals surface area contributed by atoms with Crippen LogP contribution in [0.4, 0.5) is 0 Å². The van der Waals surface area contributed by atoms with Gasteiger partial charge in [0.25, 0.3) is 0 Å². The minimum atomic E-state index is 0.504. The highest BCUT2D eigenvalue weighted by Gasteiger charge is 2.16. The van der Waals surface area contributed by atoms with Crippen molar-refractivity contribution >= 4 is 27.3 Å². The van der Waals surface area contributed by atoms with Crippen LogP contribution in [-0.4, -0.2) is 6.04 Å². The smallest absolute Gasteiger partial charge is 0.0701 e. The zero-order chi connectivity index (χ0) is 10.7. The summed E-state index contributed by atoms with van der Waals surface area (Å²) in [6.07, 6.45) is 6.95. The van der Waals surface area contributed by atoms with E-state index in [9.17, 15) is 0 Å². The molecule has 0 spiro atoms. The van der Waals surface area contributed by atoms with E-state index in [1.807, 2.05) is 11.3 Å². The van der Waals surface area contributed by atoms with Gasteiger partial charge in [-0.25, -0.2) is 0 Å². The molecule has 1 aromatic rings. The van der Waals surface area contributed by atoms with Gasteiger partial charge < -0.3 is 5.32 Å². The molecule has 1 aromatic heterocycles. The molecule has 0 saturated heterocycles. The van der Waals surface area contributed by atoms with E-state index < -0.39 is 0 Å². The fraction of sp³-hybridized carbons (Fsp3) is 0.667. The molecule has 2 rings (SSSR count). The molecule has 15 heavy (non-hydrogen) atoms. The minimum Gasteiger partial charge on any atom is -0.307 e. The topological polar surface area (TPSA) is 12.0 Å². The average Bonchev–Trinajstić information content (AvgIpc) is 2.66. The Morgan fingerprint density at radius 1 is 1.33 bits per heavy atom. The van der Waals surface area contributed by atoms with E-state index in [0.29, 0.717) is 6.04 Å². The lowest BCUT2D eigenvalue weighted by atomic mass is 9.95. The molecule has 3 heteroatoms. The van der Waals surface area contributed by atoms with E-state index in [2.05, 4.69) is 40.3 Å². The van der Waals surface area contributed by atoms with Gasteiger partial charge in [-0.3, -0.25) is 0 Å². The highest BCUT2D eigenvalue weighted by molar-refractivity contribution is 9.11. The second-order valence-corrected chi connectivity index (χ2v) is 6.86. The van der Waals surface area contributed by atoms with Crippen molar-refractivity contribution in [2.45, 2.75) is 51.1 Å². The summed E-state index contributed by atoms with van der Waals surface area (Å²) in [5, 5.41) is 3.74. The van der Waals surface area contributed by atoms with Crippen molar-refractivity contribution in [3.05, 3.63) is 20.8 Å². The Morgan fingerprint density at radius 2 is 2.07 bits per heavy atom. The first-order valence-corrected chi connectivity index (χ1v) is 7.38. The normalized spacial score (nSPS) is 20.4. The molecule has 0 aromatic carbocycles. The molecule has 84 valence electrons. The average molecular weight is 288 g/mol. The first-order valence-electron chi connectivity index (χ1n) is 5.77. The van der Waals surface area contributed by atoms with Crippen LogP contribution in [0.15, 0.2) is 15.9 Å². The van der Waals surface area contributed by atoms with Gasteiger partial charge in [0.05, 0.1) is 3.79 Å². The van der Waals surface area contributed by atoms with Crippen molar-refractivity contribution in [2.75, 3.05) is 0 Å². The number of nitrogens with one attached hydrogen (secondary N) is 1. The maximum absolute atomic E-state index is 3.74. The molecule has 1 aliphatic rings. The molecule has 1 heterocycles. The van der Waals surface area contributed by atoms with Gasteiger partial charge in [-0.1, -0.05) is 19.3 Å². The summed E-state index contributed by atoms with van der Waals surface area (Å²) in [5.41, 5.74) is 0. The Hall–Kier alpha value is 0.140. The summed E-state index contributed by atoms with van der Waals surface area (Å²) in [7, 11) is 0. The SMILES string of the molecule is C[C@H](NC1CCCCC1)c1ccc(Br)s1. The molecule has 1 atom stereocenters. The quantitative estimate of drug-likeness (QED) is 0.864.